The minimum atomic E-state index is -0.367. The lowest BCUT2D eigenvalue weighted by molar-refractivity contribution is -0.121. The van der Waals surface area contributed by atoms with Gasteiger partial charge in [-0.2, -0.15) is 0 Å². The Morgan fingerprint density at radius 3 is 2.76 bits per heavy atom. The van der Waals surface area contributed by atoms with Crippen molar-refractivity contribution in [3.8, 4) is 11.3 Å². The fraction of sp³-hybridized carbons (Fsp3) is 0.211. The molecule has 1 amide bonds. The lowest BCUT2D eigenvalue weighted by atomic mass is 10.1. The summed E-state index contributed by atoms with van der Waals surface area (Å²) < 4.78 is 19.3. The third-order valence-electron chi connectivity index (χ3n) is 3.84. The van der Waals surface area contributed by atoms with Gasteiger partial charge in [-0.25, -0.2) is 9.37 Å². The van der Waals surface area contributed by atoms with Crippen LogP contribution < -0.4 is 5.32 Å². The maximum absolute atomic E-state index is 13.7. The van der Waals surface area contributed by atoms with Gasteiger partial charge >= 0.3 is 0 Å². The molecule has 3 rings (SSSR count). The van der Waals surface area contributed by atoms with Crippen molar-refractivity contribution in [2.75, 3.05) is 0 Å². The average Bonchev–Trinajstić information content (AvgIpc) is 3.10. The molecule has 1 aromatic carbocycles. The third kappa shape index (κ3) is 4.29. The molecule has 0 bridgehead atoms. The van der Waals surface area contributed by atoms with Crippen LogP contribution in [0.25, 0.3) is 11.3 Å². The molecular weight excluding hydrogens is 321 g/mol. The van der Waals surface area contributed by atoms with E-state index in [4.69, 9.17) is 4.42 Å². The quantitative estimate of drug-likeness (QED) is 0.744. The van der Waals surface area contributed by atoms with E-state index in [-0.39, 0.29) is 24.2 Å². The molecule has 2 heterocycles. The normalized spacial score (nSPS) is 11.9. The van der Waals surface area contributed by atoms with Gasteiger partial charge in [-0.1, -0.05) is 12.1 Å². The van der Waals surface area contributed by atoms with E-state index in [9.17, 15) is 9.18 Å². The first-order chi connectivity index (χ1) is 12.1. The molecule has 0 saturated heterocycles. The largest absolute Gasteiger partial charge is 0.441 e. The van der Waals surface area contributed by atoms with Crippen molar-refractivity contribution in [3.63, 3.8) is 0 Å². The van der Waals surface area contributed by atoms with Crippen molar-refractivity contribution in [3.05, 3.63) is 72.3 Å². The molecule has 1 N–H and O–H groups in total. The number of benzene rings is 1. The molecule has 0 aliphatic rings. The molecule has 0 aliphatic carbocycles. The topological polar surface area (TPSA) is 68.0 Å². The molecule has 3 aromatic rings. The summed E-state index contributed by atoms with van der Waals surface area (Å²) in [5.41, 5.74) is 1.35. The maximum Gasteiger partial charge on any atom is 0.220 e. The summed E-state index contributed by atoms with van der Waals surface area (Å²) in [6.45, 7) is 1.91. The Morgan fingerprint density at radius 2 is 2.00 bits per heavy atom. The van der Waals surface area contributed by atoms with Gasteiger partial charge in [-0.05, 0) is 36.8 Å². The van der Waals surface area contributed by atoms with Crippen molar-refractivity contribution in [2.24, 2.45) is 0 Å². The number of hydrogen-bond acceptors (Lipinski definition) is 4. The van der Waals surface area contributed by atoms with Crippen LogP contribution in [0.4, 0.5) is 4.39 Å². The zero-order valence-electron chi connectivity index (χ0n) is 13.8. The summed E-state index contributed by atoms with van der Waals surface area (Å²) in [6.07, 6.45) is 5.45. The molecule has 25 heavy (non-hydrogen) atoms. The fourth-order valence-corrected chi connectivity index (χ4v) is 2.48. The first-order valence-corrected chi connectivity index (χ1v) is 8.02. The highest BCUT2D eigenvalue weighted by molar-refractivity contribution is 5.76. The minimum absolute atomic E-state index is 0.102. The SMILES string of the molecule is CC(NC(=O)CCc1ncc(-c2ccccc2F)o1)c1ccncc1. The number of rotatable bonds is 6. The Bertz CT molecular complexity index is 849. The first kappa shape index (κ1) is 16.8. The van der Waals surface area contributed by atoms with Gasteiger partial charge in [-0.3, -0.25) is 9.78 Å². The van der Waals surface area contributed by atoms with Gasteiger partial charge in [0.2, 0.25) is 5.91 Å². The maximum atomic E-state index is 13.7. The lowest BCUT2D eigenvalue weighted by Crippen LogP contribution is -2.26. The van der Waals surface area contributed by atoms with Crippen molar-refractivity contribution in [1.29, 1.82) is 0 Å². The molecule has 0 spiro atoms. The van der Waals surface area contributed by atoms with Crippen LogP contribution in [-0.4, -0.2) is 15.9 Å². The number of aromatic nitrogens is 2. The summed E-state index contributed by atoms with van der Waals surface area (Å²) in [6, 6.07) is 9.96. The summed E-state index contributed by atoms with van der Waals surface area (Å²) in [5, 5.41) is 2.92. The predicted molar refractivity (Wildman–Crippen MR) is 91.0 cm³/mol. The standard InChI is InChI=1S/C19H18FN3O2/c1-13(14-8-10-21-11-9-14)23-18(24)6-7-19-22-12-17(25-19)15-4-2-3-5-16(15)20/h2-5,8-13H,6-7H2,1H3,(H,23,24). The first-order valence-electron chi connectivity index (χ1n) is 8.02. The highest BCUT2D eigenvalue weighted by atomic mass is 19.1. The number of nitrogens with zero attached hydrogens (tertiary/aromatic N) is 2. The van der Waals surface area contributed by atoms with Crippen molar-refractivity contribution >= 4 is 5.91 Å². The van der Waals surface area contributed by atoms with E-state index in [1.165, 1.54) is 12.3 Å². The molecule has 1 unspecified atom stereocenters. The summed E-state index contributed by atoms with van der Waals surface area (Å²) in [5.74, 6) is 0.299. The summed E-state index contributed by atoms with van der Waals surface area (Å²) in [7, 11) is 0. The van der Waals surface area contributed by atoms with Gasteiger partial charge in [-0.15, -0.1) is 0 Å². The number of hydrogen-bond donors (Lipinski definition) is 1. The fourth-order valence-electron chi connectivity index (χ4n) is 2.48. The molecule has 0 aliphatic heterocycles. The summed E-state index contributed by atoms with van der Waals surface area (Å²) >= 11 is 0. The van der Waals surface area contributed by atoms with Gasteiger partial charge in [0, 0.05) is 25.2 Å². The van der Waals surface area contributed by atoms with Crippen LogP contribution in [0.1, 0.15) is 30.8 Å². The molecule has 0 radical (unpaired) electrons. The van der Waals surface area contributed by atoms with Gasteiger partial charge < -0.3 is 9.73 Å². The van der Waals surface area contributed by atoms with Crippen molar-refractivity contribution in [1.82, 2.24) is 15.3 Å². The van der Waals surface area contributed by atoms with Gasteiger partial charge in [0.1, 0.15) is 5.82 Å². The number of carbonyl (C=O) groups excluding carboxylic acids is 1. The second kappa shape index (κ2) is 7.70. The zero-order valence-corrected chi connectivity index (χ0v) is 13.8. The molecule has 0 fully saturated rings. The second-order valence-corrected chi connectivity index (χ2v) is 5.67. The second-order valence-electron chi connectivity index (χ2n) is 5.67. The highest BCUT2D eigenvalue weighted by Gasteiger charge is 2.13. The van der Waals surface area contributed by atoms with E-state index < -0.39 is 0 Å². The number of pyridine rings is 1. The number of aryl methyl sites for hydroxylation is 1. The Kier molecular flexibility index (Phi) is 5.18. The van der Waals surface area contributed by atoms with Crippen molar-refractivity contribution in [2.45, 2.75) is 25.8 Å². The molecule has 1 atom stereocenters. The van der Waals surface area contributed by atoms with Crippen LogP contribution in [0.2, 0.25) is 0 Å². The molecule has 2 aromatic heterocycles. The van der Waals surface area contributed by atoms with Crippen LogP contribution in [0.3, 0.4) is 0 Å². The van der Waals surface area contributed by atoms with Crippen LogP contribution in [0.15, 0.2) is 59.4 Å². The molecule has 5 nitrogen and oxygen atoms in total. The van der Waals surface area contributed by atoms with Crippen molar-refractivity contribution < 1.29 is 13.6 Å². The zero-order chi connectivity index (χ0) is 17.6. The molecule has 128 valence electrons. The smallest absolute Gasteiger partial charge is 0.220 e. The molecule has 6 heteroatoms. The summed E-state index contributed by atoms with van der Waals surface area (Å²) in [4.78, 5) is 20.2. The monoisotopic (exact) mass is 339 g/mol. The third-order valence-corrected chi connectivity index (χ3v) is 3.84. The Morgan fingerprint density at radius 1 is 1.24 bits per heavy atom. The van der Waals surface area contributed by atoms with E-state index >= 15 is 0 Å². The number of amides is 1. The minimum Gasteiger partial charge on any atom is -0.441 e. The van der Waals surface area contributed by atoms with Crippen LogP contribution in [0, 0.1) is 5.82 Å². The average molecular weight is 339 g/mol. The Balaban J connectivity index is 1.55. The van der Waals surface area contributed by atoms with Gasteiger partial charge in [0.05, 0.1) is 17.8 Å². The lowest BCUT2D eigenvalue weighted by Gasteiger charge is -2.13. The van der Waals surface area contributed by atoms with Crippen LogP contribution >= 0.6 is 0 Å². The van der Waals surface area contributed by atoms with E-state index in [2.05, 4.69) is 15.3 Å². The van der Waals surface area contributed by atoms with Gasteiger partial charge in [0.15, 0.2) is 11.7 Å². The van der Waals surface area contributed by atoms with Gasteiger partial charge in [0.25, 0.3) is 0 Å². The number of carbonyl (C=O) groups is 1. The Labute approximate surface area is 144 Å². The predicted octanol–water partition coefficient (Wildman–Crippen LogP) is 3.69. The number of halogens is 1. The van der Waals surface area contributed by atoms with Crippen LogP contribution in [0.5, 0.6) is 0 Å². The van der Waals surface area contributed by atoms with E-state index in [0.29, 0.717) is 23.6 Å². The van der Waals surface area contributed by atoms with E-state index in [1.54, 1.807) is 30.6 Å². The molecular formula is C19H18FN3O2. The van der Waals surface area contributed by atoms with E-state index in [0.717, 1.165) is 5.56 Å². The Hall–Kier alpha value is -3.02. The number of nitrogens with one attached hydrogen (secondary N) is 1. The molecule has 0 saturated carbocycles. The number of oxazole rings is 1. The van der Waals surface area contributed by atoms with E-state index in [1.807, 2.05) is 19.1 Å². The van der Waals surface area contributed by atoms with Crippen LogP contribution in [-0.2, 0) is 11.2 Å². The highest BCUT2D eigenvalue weighted by Crippen LogP contribution is 2.23.